The Morgan fingerprint density at radius 3 is 2.57 bits per heavy atom. The van der Waals surface area contributed by atoms with Crippen molar-refractivity contribution in [3.05, 3.63) is 65.2 Å². The Bertz CT molecular complexity index is 591. The van der Waals surface area contributed by atoms with Gasteiger partial charge in [0.2, 0.25) is 0 Å². The molecule has 0 fully saturated rings. The zero-order chi connectivity index (χ0) is 14.7. The van der Waals surface area contributed by atoms with Crippen LogP contribution >= 0.6 is 11.8 Å². The van der Waals surface area contributed by atoms with E-state index in [1.54, 1.807) is 0 Å². The minimum Gasteiger partial charge on any atom is -0.312 e. The highest BCUT2D eigenvalue weighted by Gasteiger charge is 2.27. The van der Waals surface area contributed by atoms with Crippen LogP contribution in [0.25, 0.3) is 0 Å². The molecule has 0 bridgehead atoms. The summed E-state index contributed by atoms with van der Waals surface area (Å²) in [6.45, 7) is 2.15. The third-order valence-electron chi connectivity index (χ3n) is 4.32. The Balaban J connectivity index is 1.86. The van der Waals surface area contributed by atoms with Crippen molar-refractivity contribution in [3.63, 3.8) is 0 Å². The number of aryl methyl sites for hydroxylation is 2. The van der Waals surface area contributed by atoms with E-state index in [1.165, 1.54) is 40.8 Å². The Kier molecular flexibility index (Phi) is 4.67. The lowest BCUT2D eigenvalue weighted by Crippen LogP contribution is -2.26. The normalized spacial score (nSPS) is 21.6. The van der Waals surface area contributed by atoms with Crippen molar-refractivity contribution in [1.82, 2.24) is 5.32 Å². The third-order valence-corrected chi connectivity index (χ3v) is 5.67. The molecule has 21 heavy (non-hydrogen) atoms. The summed E-state index contributed by atoms with van der Waals surface area (Å²) in [4.78, 5) is 1.38. The maximum Gasteiger partial charge on any atom is 0.0444 e. The van der Waals surface area contributed by atoms with Crippen LogP contribution in [0.1, 0.15) is 35.6 Å². The van der Waals surface area contributed by atoms with Crippen molar-refractivity contribution >= 4 is 11.8 Å². The summed E-state index contributed by atoms with van der Waals surface area (Å²) >= 11 is 2.02. The summed E-state index contributed by atoms with van der Waals surface area (Å²) in [6.07, 6.45) is 3.75. The number of benzene rings is 2. The Labute approximate surface area is 132 Å². The van der Waals surface area contributed by atoms with Crippen LogP contribution in [0.3, 0.4) is 0 Å². The molecule has 0 radical (unpaired) electrons. The van der Waals surface area contributed by atoms with E-state index in [0.29, 0.717) is 11.3 Å². The molecule has 3 rings (SSSR count). The molecule has 0 amide bonds. The first-order valence-electron chi connectivity index (χ1n) is 7.76. The molecule has 1 nitrogen and oxygen atoms in total. The second-order valence-electron chi connectivity index (χ2n) is 5.83. The van der Waals surface area contributed by atoms with Gasteiger partial charge in [-0.15, -0.1) is 11.8 Å². The average Bonchev–Trinajstić information content (AvgIpc) is 2.68. The largest absolute Gasteiger partial charge is 0.312 e. The third kappa shape index (κ3) is 3.33. The van der Waals surface area contributed by atoms with Crippen LogP contribution in [0.2, 0.25) is 0 Å². The summed E-state index contributed by atoms with van der Waals surface area (Å²) in [5.74, 6) is 0. The number of hydrogen-bond acceptors (Lipinski definition) is 2. The van der Waals surface area contributed by atoms with Crippen LogP contribution in [0.5, 0.6) is 0 Å². The van der Waals surface area contributed by atoms with Gasteiger partial charge in [0.05, 0.1) is 0 Å². The summed E-state index contributed by atoms with van der Waals surface area (Å²) in [5.41, 5.74) is 4.33. The minimum atomic E-state index is 0.440. The molecule has 1 N–H and O–H groups in total. The fraction of sp³-hybridized carbons (Fsp3) is 0.368. The van der Waals surface area contributed by atoms with Crippen molar-refractivity contribution in [2.75, 3.05) is 7.05 Å². The van der Waals surface area contributed by atoms with Crippen molar-refractivity contribution in [2.45, 2.75) is 42.4 Å². The topological polar surface area (TPSA) is 12.0 Å². The van der Waals surface area contributed by atoms with E-state index in [4.69, 9.17) is 0 Å². The molecule has 1 aliphatic carbocycles. The minimum absolute atomic E-state index is 0.440. The average molecular weight is 297 g/mol. The maximum atomic E-state index is 3.56. The number of thioether (sulfide) groups is 1. The van der Waals surface area contributed by atoms with Gasteiger partial charge in [-0.3, -0.25) is 0 Å². The van der Waals surface area contributed by atoms with Crippen molar-refractivity contribution in [1.29, 1.82) is 0 Å². The standard InChI is InChI=1S/C19H23NS/c1-14-10-12-16(13-11-14)21-18-9-5-7-15-6-3-4-8-17(15)19(18)20-2/h3-4,6,8,10-13,18-20H,5,7,9H2,1-2H3. The molecule has 0 aromatic heterocycles. The molecule has 2 unspecified atom stereocenters. The maximum absolute atomic E-state index is 3.56. The van der Waals surface area contributed by atoms with Gasteiger partial charge in [-0.1, -0.05) is 42.0 Å². The highest BCUT2D eigenvalue weighted by Crippen LogP contribution is 2.38. The lowest BCUT2D eigenvalue weighted by Gasteiger charge is -2.26. The summed E-state index contributed by atoms with van der Waals surface area (Å²) in [7, 11) is 2.09. The van der Waals surface area contributed by atoms with E-state index in [0.717, 1.165) is 0 Å². The van der Waals surface area contributed by atoms with Gasteiger partial charge in [0.25, 0.3) is 0 Å². The number of fused-ring (bicyclic) bond motifs is 1. The first-order valence-corrected chi connectivity index (χ1v) is 8.64. The second-order valence-corrected chi connectivity index (χ2v) is 7.14. The lowest BCUT2D eigenvalue weighted by molar-refractivity contribution is 0.548. The van der Waals surface area contributed by atoms with E-state index in [1.807, 2.05) is 11.8 Å². The van der Waals surface area contributed by atoms with E-state index in [9.17, 15) is 0 Å². The molecule has 2 heteroatoms. The molecular formula is C19H23NS. The van der Waals surface area contributed by atoms with Gasteiger partial charge in [-0.25, -0.2) is 0 Å². The molecule has 0 aliphatic heterocycles. The van der Waals surface area contributed by atoms with Crippen LogP contribution in [0.15, 0.2) is 53.4 Å². The van der Waals surface area contributed by atoms with Gasteiger partial charge < -0.3 is 5.32 Å². The van der Waals surface area contributed by atoms with Gasteiger partial charge in [0.15, 0.2) is 0 Å². The Hall–Kier alpha value is -1.25. The van der Waals surface area contributed by atoms with Gasteiger partial charge in [-0.2, -0.15) is 0 Å². The molecule has 0 heterocycles. The predicted molar refractivity (Wildman–Crippen MR) is 92.0 cm³/mol. The van der Waals surface area contributed by atoms with Crippen molar-refractivity contribution < 1.29 is 0 Å². The van der Waals surface area contributed by atoms with Crippen LogP contribution in [-0.4, -0.2) is 12.3 Å². The van der Waals surface area contributed by atoms with E-state index in [-0.39, 0.29) is 0 Å². The predicted octanol–water partition coefficient (Wildman–Crippen LogP) is 4.75. The summed E-state index contributed by atoms with van der Waals surface area (Å²) < 4.78 is 0. The van der Waals surface area contributed by atoms with Gasteiger partial charge in [-0.05, 0) is 56.5 Å². The highest BCUT2D eigenvalue weighted by atomic mass is 32.2. The highest BCUT2D eigenvalue weighted by molar-refractivity contribution is 8.00. The smallest absolute Gasteiger partial charge is 0.0444 e. The number of rotatable bonds is 3. The molecule has 0 spiro atoms. The van der Waals surface area contributed by atoms with Gasteiger partial charge >= 0.3 is 0 Å². The van der Waals surface area contributed by atoms with Crippen LogP contribution in [0.4, 0.5) is 0 Å². The van der Waals surface area contributed by atoms with Crippen molar-refractivity contribution in [3.8, 4) is 0 Å². The first kappa shape index (κ1) is 14.7. The van der Waals surface area contributed by atoms with Crippen LogP contribution in [-0.2, 0) is 6.42 Å². The molecule has 2 aromatic carbocycles. The van der Waals surface area contributed by atoms with Gasteiger partial charge in [0, 0.05) is 16.2 Å². The van der Waals surface area contributed by atoms with E-state index < -0.39 is 0 Å². The summed E-state index contributed by atoms with van der Waals surface area (Å²) in [5, 5.41) is 4.16. The molecule has 110 valence electrons. The second kappa shape index (κ2) is 6.67. The van der Waals surface area contributed by atoms with E-state index >= 15 is 0 Å². The molecule has 0 saturated carbocycles. The van der Waals surface area contributed by atoms with Crippen molar-refractivity contribution in [2.24, 2.45) is 0 Å². The quantitative estimate of drug-likeness (QED) is 0.820. The lowest BCUT2D eigenvalue weighted by atomic mass is 9.99. The van der Waals surface area contributed by atoms with E-state index in [2.05, 4.69) is 67.8 Å². The summed E-state index contributed by atoms with van der Waals surface area (Å²) in [6, 6.07) is 18.3. The molecule has 2 aromatic rings. The Morgan fingerprint density at radius 2 is 1.81 bits per heavy atom. The van der Waals surface area contributed by atoms with Crippen LogP contribution in [0, 0.1) is 6.92 Å². The Morgan fingerprint density at radius 1 is 1.05 bits per heavy atom. The fourth-order valence-corrected chi connectivity index (χ4v) is 4.53. The number of nitrogens with one attached hydrogen (secondary N) is 1. The monoisotopic (exact) mass is 297 g/mol. The zero-order valence-corrected chi connectivity index (χ0v) is 13.6. The SMILES string of the molecule is CNC1c2ccccc2CCCC1Sc1ccc(C)cc1. The molecular weight excluding hydrogens is 274 g/mol. The molecule has 0 saturated heterocycles. The molecule has 2 atom stereocenters. The first-order chi connectivity index (χ1) is 10.3. The zero-order valence-electron chi connectivity index (χ0n) is 12.8. The molecule has 1 aliphatic rings. The number of hydrogen-bond donors (Lipinski definition) is 1. The van der Waals surface area contributed by atoms with Gasteiger partial charge in [0.1, 0.15) is 0 Å². The van der Waals surface area contributed by atoms with Crippen LogP contribution < -0.4 is 5.32 Å². The fourth-order valence-electron chi connectivity index (χ4n) is 3.19.